The summed E-state index contributed by atoms with van der Waals surface area (Å²) in [6.45, 7) is 2.39. The fourth-order valence-corrected chi connectivity index (χ4v) is 2.55. The number of amides is 1. The highest BCUT2D eigenvalue weighted by molar-refractivity contribution is 5.95. The van der Waals surface area contributed by atoms with Crippen molar-refractivity contribution in [3.8, 4) is 22.6 Å². The molecule has 6 nitrogen and oxygen atoms in total. The highest BCUT2D eigenvalue weighted by atomic mass is 19.1. The van der Waals surface area contributed by atoms with Gasteiger partial charge in [0, 0.05) is 11.6 Å². The van der Waals surface area contributed by atoms with Gasteiger partial charge in [0.05, 0.1) is 12.2 Å². The minimum atomic E-state index is -1.32. The van der Waals surface area contributed by atoms with Crippen LogP contribution in [0.25, 0.3) is 11.1 Å². The predicted molar refractivity (Wildman–Crippen MR) is 107 cm³/mol. The number of aromatic hydroxyl groups is 1. The molecule has 3 aromatic carbocycles. The van der Waals surface area contributed by atoms with Crippen LogP contribution < -0.4 is 10.5 Å². The maximum absolute atomic E-state index is 13.5. The minimum Gasteiger partial charge on any atom is -0.507 e. The van der Waals surface area contributed by atoms with E-state index in [1.165, 1.54) is 12.1 Å². The quantitative estimate of drug-likeness (QED) is 0.578. The van der Waals surface area contributed by atoms with Crippen LogP contribution in [-0.2, 0) is 0 Å². The van der Waals surface area contributed by atoms with Crippen LogP contribution in [0.15, 0.2) is 60.7 Å². The normalized spacial score (nSPS) is 9.97. The zero-order valence-electron chi connectivity index (χ0n) is 15.9. The molecular weight excluding hydrogens is 396 g/mol. The lowest BCUT2D eigenvalue weighted by molar-refractivity contribution is 0.0693. The summed E-state index contributed by atoms with van der Waals surface area (Å²) in [6, 6.07) is 13.6. The first kappa shape index (κ1) is 22.4. The largest absolute Gasteiger partial charge is 0.507 e. The van der Waals surface area contributed by atoms with Crippen molar-refractivity contribution >= 4 is 11.9 Å². The number of primary amides is 1. The van der Waals surface area contributed by atoms with Gasteiger partial charge in [0.25, 0.3) is 5.91 Å². The topological polar surface area (TPSA) is 110 Å². The van der Waals surface area contributed by atoms with Crippen molar-refractivity contribution in [2.24, 2.45) is 5.73 Å². The molecule has 0 unspecified atom stereocenters. The van der Waals surface area contributed by atoms with E-state index in [9.17, 15) is 23.5 Å². The Balaban J connectivity index is 0.000000232. The summed E-state index contributed by atoms with van der Waals surface area (Å²) >= 11 is 0. The molecular formula is C22H19F2NO5. The van der Waals surface area contributed by atoms with Gasteiger partial charge in [-0.2, -0.15) is 0 Å². The van der Waals surface area contributed by atoms with E-state index < -0.39 is 29.3 Å². The summed E-state index contributed by atoms with van der Waals surface area (Å²) in [5, 5.41) is 18.2. The van der Waals surface area contributed by atoms with Gasteiger partial charge in [0.2, 0.25) is 0 Å². The second kappa shape index (κ2) is 10.0. The van der Waals surface area contributed by atoms with E-state index in [2.05, 4.69) is 0 Å². The van der Waals surface area contributed by atoms with E-state index in [0.717, 1.165) is 18.2 Å². The number of phenols is 1. The first-order valence-electron chi connectivity index (χ1n) is 8.78. The molecule has 0 spiro atoms. The Hall–Kier alpha value is -3.94. The summed E-state index contributed by atoms with van der Waals surface area (Å²) in [6.07, 6.45) is 0. The third-order valence-corrected chi connectivity index (χ3v) is 3.92. The lowest BCUT2D eigenvalue weighted by atomic mass is 10.0. The summed E-state index contributed by atoms with van der Waals surface area (Å²) in [5.41, 5.74) is 5.54. The van der Waals surface area contributed by atoms with Gasteiger partial charge in [-0.05, 0) is 48.9 Å². The number of carbonyl (C=O) groups is 2. The van der Waals surface area contributed by atoms with Crippen LogP contribution in [0, 0.1) is 11.6 Å². The molecule has 3 rings (SSSR count). The molecule has 0 saturated heterocycles. The van der Waals surface area contributed by atoms with Crippen LogP contribution >= 0.6 is 0 Å². The number of hydrogen-bond acceptors (Lipinski definition) is 4. The fourth-order valence-electron chi connectivity index (χ4n) is 2.55. The van der Waals surface area contributed by atoms with Crippen LogP contribution in [0.1, 0.15) is 27.6 Å². The molecule has 0 radical (unpaired) electrons. The van der Waals surface area contributed by atoms with E-state index in [0.29, 0.717) is 24.0 Å². The number of carbonyl (C=O) groups excluding carboxylic acids is 1. The molecule has 0 heterocycles. The van der Waals surface area contributed by atoms with E-state index in [1.807, 2.05) is 6.92 Å². The molecule has 3 aromatic rings. The fraction of sp³-hybridized carbons (Fsp3) is 0.0909. The minimum absolute atomic E-state index is 0.0684. The molecule has 0 atom stereocenters. The highest BCUT2D eigenvalue weighted by Crippen LogP contribution is 2.28. The second-order valence-electron chi connectivity index (χ2n) is 5.95. The smallest absolute Gasteiger partial charge is 0.339 e. The van der Waals surface area contributed by atoms with Gasteiger partial charge in [0.1, 0.15) is 28.7 Å². The van der Waals surface area contributed by atoms with Crippen molar-refractivity contribution in [3.63, 3.8) is 0 Å². The number of para-hydroxylation sites is 1. The molecule has 1 amide bonds. The second-order valence-corrected chi connectivity index (χ2v) is 5.95. The van der Waals surface area contributed by atoms with Gasteiger partial charge in [0.15, 0.2) is 0 Å². The van der Waals surface area contributed by atoms with Crippen LogP contribution in [0.3, 0.4) is 0 Å². The van der Waals surface area contributed by atoms with Crippen LogP contribution in [0.4, 0.5) is 8.78 Å². The number of nitrogens with two attached hydrogens (primary N) is 1. The molecule has 0 aromatic heterocycles. The molecule has 156 valence electrons. The maximum Gasteiger partial charge on any atom is 0.339 e. The van der Waals surface area contributed by atoms with Crippen LogP contribution in [-0.4, -0.2) is 28.7 Å². The third-order valence-electron chi connectivity index (χ3n) is 3.92. The summed E-state index contributed by atoms with van der Waals surface area (Å²) in [5.74, 6) is -3.15. The lowest BCUT2D eigenvalue weighted by Crippen LogP contribution is -2.12. The summed E-state index contributed by atoms with van der Waals surface area (Å²) in [7, 11) is 0. The summed E-state index contributed by atoms with van der Waals surface area (Å²) < 4.78 is 31.5. The van der Waals surface area contributed by atoms with Gasteiger partial charge in [-0.3, -0.25) is 4.79 Å². The molecule has 0 aliphatic rings. The number of carboxylic acid groups (broad SMARTS) is 1. The van der Waals surface area contributed by atoms with E-state index in [-0.39, 0.29) is 16.7 Å². The monoisotopic (exact) mass is 415 g/mol. The van der Waals surface area contributed by atoms with Crippen LogP contribution in [0.5, 0.6) is 11.5 Å². The SMILES string of the molecule is CCOc1ccccc1C(N)=O.O=C(O)c1cc(-c2ccc(F)cc2F)ccc1O. The first-order valence-corrected chi connectivity index (χ1v) is 8.78. The average molecular weight is 415 g/mol. The predicted octanol–water partition coefficient (Wildman–Crippen LogP) is 4.22. The molecule has 0 aliphatic carbocycles. The van der Waals surface area contributed by atoms with Gasteiger partial charge < -0.3 is 20.7 Å². The molecule has 30 heavy (non-hydrogen) atoms. The molecule has 0 bridgehead atoms. The van der Waals surface area contributed by atoms with Gasteiger partial charge >= 0.3 is 5.97 Å². The molecule has 0 saturated carbocycles. The maximum atomic E-state index is 13.5. The van der Waals surface area contributed by atoms with E-state index in [1.54, 1.807) is 24.3 Å². The van der Waals surface area contributed by atoms with Crippen molar-refractivity contribution in [1.82, 2.24) is 0 Å². The van der Waals surface area contributed by atoms with Crippen molar-refractivity contribution in [2.45, 2.75) is 6.92 Å². The zero-order chi connectivity index (χ0) is 22.3. The van der Waals surface area contributed by atoms with Gasteiger partial charge in [-0.15, -0.1) is 0 Å². The number of rotatable bonds is 5. The molecule has 8 heteroatoms. The van der Waals surface area contributed by atoms with E-state index in [4.69, 9.17) is 15.6 Å². The Morgan fingerprint density at radius 3 is 2.30 bits per heavy atom. The lowest BCUT2D eigenvalue weighted by Gasteiger charge is -2.06. The van der Waals surface area contributed by atoms with Gasteiger partial charge in [-0.25, -0.2) is 13.6 Å². The summed E-state index contributed by atoms with van der Waals surface area (Å²) in [4.78, 5) is 21.7. The number of ether oxygens (including phenoxy) is 1. The Labute approximate surface area is 171 Å². The Bertz CT molecular complexity index is 1070. The number of aromatic carboxylic acids is 1. The standard InChI is InChI=1S/C13H8F2O3.C9H11NO2/c14-8-2-3-9(11(15)6-8)7-1-4-12(16)10(5-7)13(17)18;1-2-12-8-6-4-3-5-7(8)9(10)11/h1-6,16H,(H,17,18);3-6H,2H2,1H3,(H2,10,11). The van der Waals surface area contributed by atoms with Gasteiger partial charge in [-0.1, -0.05) is 18.2 Å². The first-order chi connectivity index (χ1) is 14.2. The van der Waals surface area contributed by atoms with Crippen molar-refractivity contribution in [1.29, 1.82) is 0 Å². The van der Waals surface area contributed by atoms with E-state index >= 15 is 0 Å². The molecule has 0 fully saturated rings. The number of hydrogen-bond donors (Lipinski definition) is 3. The molecule has 0 aliphatic heterocycles. The Morgan fingerprint density at radius 1 is 1.00 bits per heavy atom. The number of benzene rings is 3. The van der Waals surface area contributed by atoms with Crippen molar-refractivity contribution < 1.29 is 33.3 Å². The number of halogens is 2. The Kier molecular flexibility index (Phi) is 7.46. The highest BCUT2D eigenvalue weighted by Gasteiger charge is 2.13. The number of carboxylic acids is 1. The van der Waals surface area contributed by atoms with Crippen molar-refractivity contribution in [3.05, 3.63) is 83.4 Å². The zero-order valence-corrected chi connectivity index (χ0v) is 15.9. The van der Waals surface area contributed by atoms with Crippen molar-refractivity contribution in [2.75, 3.05) is 6.61 Å². The average Bonchev–Trinajstić information content (AvgIpc) is 2.69. The third kappa shape index (κ3) is 5.54. The molecule has 4 N–H and O–H groups in total. The Morgan fingerprint density at radius 2 is 1.70 bits per heavy atom. The van der Waals surface area contributed by atoms with Crippen LogP contribution in [0.2, 0.25) is 0 Å².